The van der Waals surface area contributed by atoms with Gasteiger partial charge in [-0.25, -0.2) is 4.79 Å². The van der Waals surface area contributed by atoms with Crippen molar-refractivity contribution in [3.8, 4) is 0 Å². The molecule has 1 aromatic heterocycles. The monoisotopic (exact) mass is 185 g/mol. The number of hydrogen-bond acceptors (Lipinski definition) is 5. The van der Waals surface area contributed by atoms with E-state index < -0.39 is 12.1 Å². The van der Waals surface area contributed by atoms with Crippen molar-refractivity contribution >= 4 is 11.7 Å². The van der Waals surface area contributed by atoms with E-state index in [9.17, 15) is 9.90 Å². The van der Waals surface area contributed by atoms with Gasteiger partial charge < -0.3 is 15.6 Å². The van der Waals surface area contributed by atoms with Gasteiger partial charge in [0.05, 0.1) is 25.5 Å². The second-order valence-corrected chi connectivity index (χ2v) is 2.53. The third-order valence-electron chi connectivity index (χ3n) is 1.49. The molecule has 1 atom stereocenters. The van der Waals surface area contributed by atoms with Gasteiger partial charge in [0.25, 0.3) is 0 Å². The highest BCUT2D eigenvalue weighted by atomic mass is 16.5. The molecule has 3 N–H and O–H groups in total. The maximum absolute atomic E-state index is 10.8. The minimum absolute atomic E-state index is 0.0455. The molecule has 0 aromatic carbocycles. The van der Waals surface area contributed by atoms with Crippen molar-refractivity contribution in [1.29, 1.82) is 0 Å². The largest absolute Gasteiger partial charge is 0.467 e. The fourth-order valence-corrected chi connectivity index (χ4v) is 0.867. The van der Waals surface area contributed by atoms with E-state index in [0.717, 1.165) is 0 Å². The maximum atomic E-state index is 10.8. The molecule has 0 amide bonds. The first-order valence-corrected chi connectivity index (χ1v) is 3.67. The molecule has 0 aliphatic heterocycles. The number of aliphatic hydroxyl groups excluding tert-OH is 1. The number of methoxy groups -OCH3 is 1. The Balaban J connectivity index is 2.54. The lowest BCUT2D eigenvalue weighted by molar-refractivity contribution is -0.151. The van der Waals surface area contributed by atoms with E-state index in [2.05, 4.69) is 9.84 Å². The Morgan fingerprint density at radius 3 is 3.08 bits per heavy atom. The van der Waals surface area contributed by atoms with Gasteiger partial charge in [0, 0.05) is 6.20 Å². The van der Waals surface area contributed by atoms with Crippen LogP contribution in [0, 0.1) is 0 Å². The maximum Gasteiger partial charge on any atom is 0.336 e. The van der Waals surface area contributed by atoms with Crippen molar-refractivity contribution in [2.24, 2.45) is 0 Å². The Morgan fingerprint density at radius 2 is 2.62 bits per heavy atom. The molecule has 72 valence electrons. The summed E-state index contributed by atoms with van der Waals surface area (Å²) in [5.41, 5.74) is 5.87. The smallest absolute Gasteiger partial charge is 0.336 e. The van der Waals surface area contributed by atoms with Gasteiger partial charge in [0.15, 0.2) is 6.10 Å². The molecule has 0 spiro atoms. The standard InChI is InChI=1S/C7H11N3O3/c1-13-7(12)6(11)4-10-3-5(8)2-9-10/h2-3,6,11H,4,8H2,1H3. The molecule has 1 heterocycles. The average molecular weight is 185 g/mol. The van der Waals surface area contributed by atoms with E-state index in [-0.39, 0.29) is 6.54 Å². The van der Waals surface area contributed by atoms with Crippen LogP contribution >= 0.6 is 0 Å². The van der Waals surface area contributed by atoms with E-state index in [4.69, 9.17) is 5.73 Å². The van der Waals surface area contributed by atoms with Crippen LogP contribution in [-0.4, -0.2) is 34.1 Å². The van der Waals surface area contributed by atoms with E-state index in [1.54, 1.807) is 0 Å². The summed E-state index contributed by atoms with van der Waals surface area (Å²) in [6.45, 7) is 0.0455. The van der Waals surface area contributed by atoms with Gasteiger partial charge in [-0.2, -0.15) is 5.10 Å². The average Bonchev–Trinajstić information content (AvgIpc) is 2.49. The molecular weight excluding hydrogens is 174 g/mol. The van der Waals surface area contributed by atoms with Gasteiger partial charge >= 0.3 is 5.97 Å². The molecule has 0 radical (unpaired) electrons. The van der Waals surface area contributed by atoms with E-state index in [0.29, 0.717) is 5.69 Å². The summed E-state index contributed by atoms with van der Waals surface area (Å²) < 4.78 is 5.70. The Kier molecular flexibility index (Phi) is 2.86. The molecule has 0 aliphatic carbocycles. The van der Waals surface area contributed by atoms with Crippen molar-refractivity contribution in [2.75, 3.05) is 12.8 Å². The molecule has 0 saturated carbocycles. The molecule has 1 unspecified atom stereocenters. The number of anilines is 1. The number of carbonyl (C=O) groups is 1. The molecule has 0 fully saturated rings. The van der Waals surface area contributed by atoms with Gasteiger partial charge in [-0.05, 0) is 0 Å². The van der Waals surface area contributed by atoms with Gasteiger partial charge in [-0.15, -0.1) is 0 Å². The first-order chi connectivity index (χ1) is 6.13. The van der Waals surface area contributed by atoms with Crippen LogP contribution in [0.4, 0.5) is 5.69 Å². The van der Waals surface area contributed by atoms with Crippen molar-refractivity contribution < 1.29 is 14.6 Å². The van der Waals surface area contributed by atoms with Crippen LogP contribution in [0.2, 0.25) is 0 Å². The second-order valence-electron chi connectivity index (χ2n) is 2.53. The van der Waals surface area contributed by atoms with Crippen LogP contribution in [0.15, 0.2) is 12.4 Å². The summed E-state index contributed by atoms with van der Waals surface area (Å²) in [6, 6.07) is 0. The molecular formula is C7H11N3O3. The zero-order valence-corrected chi connectivity index (χ0v) is 7.17. The predicted octanol–water partition coefficient (Wildman–Crippen LogP) is -1.00. The summed E-state index contributed by atoms with van der Waals surface area (Å²) in [5, 5.41) is 13.0. The summed E-state index contributed by atoms with van der Waals surface area (Å²) >= 11 is 0. The molecule has 1 rings (SSSR count). The molecule has 6 nitrogen and oxygen atoms in total. The Hall–Kier alpha value is -1.56. The molecule has 6 heteroatoms. The third kappa shape index (κ3) is 2.45. The lowest BCUT2D eigenvalue weighted by atomic mass is 10.3. The first-order valence-electron chi connectivity index (χ1n) is 3.67. The first kappa shape index (κ1) is 9.53. The molecule has 13 heavy (non-hydrogen) atoms. The summed E-state index contributed by atoms with van der Waals surface area (Å²) in [7, 11) is 1.21. The molecule has 0 aliphatic rings. The number of rotatable bonds is 3. The number of nitrogens with zero attached hydrogens (tertiary/aromatic N) is 2. The number of nitrogens with two attached hydrogens (primary N) is 1. The van der Waals surface area contributed by atoms with Gasteiger partial charge in [0.1, 0.15) is 0 Å². The lowest BCUT2D eigenvalue weighted by Crippen LogP contribution is -2.27. The van der Waals surface area contributed by atoms with E-state index >= 15 is 0 Å². The van der Waals surface area contributed by atoms with Crippen LogP contribution in [0.25, 0.3) is 0 Å². The van der Waals surface area contributed by atoms with Crippen molar-refractivity contribution in [2.45, 2.75) is 12.6 Å². The number of nitrogen functional groups attached to an aromatic ring is 1. The van der Waals surface area contributed by atoms with Crippen LogP contribution in [0.1, 0.15) is 0 Å². The predicted molar refractivity (Wildman–Crippen MR) is 44.7 cm³/mol. The Labute approximate surface area is 74.9 Å². The zero-order chi connectivity index (χ0) is 9.84. The SMILES string of the molecule is COC(=O)C(O)Cn1cc(N)cn1. The van der Waals surface area contributed by atoms with E-state index in [1.165, 1.54) is 24.2 Å². The lowest BCUT2D eigenvalue weighted by Gasteiger charge is -2.07. The van der Waals surface area contributed by atoms with Crippen molar-refractivity contribution in [1.82, 2.24) is 9.78 Å². The highest BCUT2D eigenvalue weighted by Crippen LogP contribution is 1.99. The fraction of sp³-hybridized carbons (Fsp3) is 0.429. The minimum Gasteiger partial charge on any atom is -0.467 e. The molecule has 0 bridgehead atoms. The number of aromatic nitrogens is 2. The Bertz CT molecular complexity index is 297. The number of aliphatic hydroxyl groups is 1. The fourth-order valence-electron chi connectivity index (χ4n) is 0.867. The highest BCUT2D eigenvalue weighted by molar-refractivity contribution is 5.74. The number of ether oxygens (including phenoxy) is 1. The summed E-state index contributed by atoms with van der Waals surface area (Å²) in [5.74, 6) is -0.686. The summed E-state index contributed by atoms with van der Waals surface area (Å²) in [6.07, 6.45) is 1.75. The molecule has 0 saturated heterocycles. The minimum atomic E-state index is -1.20. The van der Waals surface area contributed by atoms with Crippen LogP contribution in [0.5, 0.6) is 0 Å². The number of hydrogen-bond donors (Lipinski definition) is 2. The number of esters is 1. The molecule has 1 aromatic rings. The Morgan fingerprint density at radius 1 is 1.92 bits per heavy atom. The van der Waals surface area contributed by atoms with Gasteiger partial charge in [-0.1, -0.05) is 0 Å². The van der Waals surface area contributed by atoms with Crippen LogP contribution < -0.4 is 5.73 Å². The van der Waals surface area contributed by atoms with Crippen LogP contribution in [-0.2, 0) is 16.1 Å². The zero-order valence-electron chi connectivity index (χ0n) is 7.17. The summed E-state index contributed by atoms with van der Waals surface area (Å²) in [4.78, 5) is 10.8. The highest BCUT2D eigenvalue weighted by Gasteiger charge is 2.15. The van der Waals surface area contributed by atoms with Gasteiger partial charge in [-0.3, -0.25) is 4.68 Å². The van der Waals surface area contributed by atoms with Crippen LogP contribution in [0.3, 0.4) is 0 Å². The van der Waals surface area contributed by atoms with Gasteiger partial charge in [0.2, 0.25) is 0 Å². The topological polar surface area (TPSA) is 90.4 Å². The third-order valence-corrected chi connectivity index (χ3v) is 1.49. The van der Waals surface area contributed by atoms with E-state index in [1.807, 2.05) is 0 Å². The second kappa shape index (κ2) is 3.90. The quantitative estimate of drug-likeness (QED) is 0.589. The number of carbonyl (C=O) groups excluding carboxylic acids is 1. The normalized spacial score (nSPS) is 12.5. The van der Waals surface area contributed by atoms with Crippen molar-refractivity contribution in [3.05, 3.63) is 12.4 Å². The van der Waals surface area contributed by atoms with Crippen molar-refractivity contribution in [3.63, 3.8) is 0 Å².